The number of nitrogens with zero attached hydrogens (tertiary/aromatic N) is 2. The lowest BCUT2D eigenvalue weighted by Crippen LogP contribution is -2.40. The Balaban J connectivity index is 1.65. The van der Waals surface area contributed by atoms with Crippen molar-refractivity contribution in [1.82, 2.24) is 9.80 Å². The van der Waals surface area contributed by atoms with E-state index in [0.29, 0.717) is 0 Å². The van der Waals surface area contributed by atoms with E-state index in [0.717, 1.165) is 18.5 Å². The molecule has 0 aliphatic carbocycles. The molecule has 0 aromatic heterocycles. The maximum atomic E-state index is 2.62. The molecule has 0 amide bonds. The summed E-state index contributed by atoms with van der Waals surface area (Å²) < 4.78 is 0. The Hall–Kier alpha value is -0.860. The molecule has 0 saturated carbocycles. The third kappa shape index (κ3) is 2.00. The van der Waals surface area contributed by atoms with E-state index < -0.39 is 0 Å². The molecule has 3 rings (SSSR count). The Bertz CT molecular complexity index is 347. The van der Waals surface area contributed by atoms with Crippen LogP contribution < -0.4 is 0 Å². The predicted octanol–water partition coefficient (Wildman–Crippen LogP) is 1.82. The van der Waals surface area contributed by atoms with Crippen LogP contribution in [0.25, 0.3) is 0 Å². The topological polar surface area (TPSA) is 6.48 Å². The van der Waals surface area contributed by atoms with Crippen molar-refractivity contribution < 1.29 is 0 Å². The second-order valence-corrected chi connectivity index (χ2v) is 5.37. The monoisotopic (exact) mass is 216 g/mol. The first-order chi connectivity index (χ1) is 7.81. The molecule has 2 fully saturated rings. The highest BCUT2D eigenvalue weighted by Crippen LogP contribution is 2.28. The molecule has 86 valence electrons. The lowest BCUT2D eigenvalue weighted by molar-refractivity contribution is 0.165. The van der Waals surface area contributed by atoms with Crippen LogP contribution in [-0.2, 0) is 6.54 Å². The molecule has 2 aliphatic heterocycles. The van der Waals surface area contributed by atoms with Gasteiger partial charge >= 0.3 is 0 Å². The van der Waals surface area contributed by atoms with E-state index in [4.69, 9.17) is 0 Å². The van der Waals surface area contributed by atoms with Gasteiger partial charge in [-0.1, -0.05) is 30.3 Å². The van der Waals surface area contributed by atoms with Crippen LogP contribution in [0.5, 0.6) is 0 Å². The van der Waals surface area contributed by atoms with Crippen molar-refractivity contribution in [3.8, 4) is 0 Å². The van der Waals surface area contributed by atoms with Crippen LogP contribution in [0.2, 0.25) is 0 Å². The Morgan fingerprint density at radius 1 is 1.12 bits per heavy atom. The zero-order chi connectivity index (χ0) is 11.0. The van der Waals surface area contributed by atoms with Crippen molar-refractivity contribution in [2.75, 3.05) is 26.7 Å². The van der Waals surface area contributed by atoms with Gasteiger partial charge in [-0.2, -0.15) is 0 Å². The Morgan fingerprint density at radius 3 is 2.69 bits per heavy atom. The molecule has 2 unspecified atom stereocenters. The van der Waals surface area contributed by atoms with Gasteiger partial charge in [0.15, 0.2) is 0 Å². The van der Waals surface area contributed by atoms with Gasteiger partial charge in [0.05, 0.1) is 0 Å². The third-order valence-corrected chi connectivity index (χ3v) is 4.01. The molecule has 2 heterocycles. The van der Waals surface area contributed by atoms with Crippen LogP contribution >= 0.6 is 0 Å². The zero-order valence-corrected chi connectivity index (χ0v) is 9.97. The third-order valence-electron chi connectivity index (χ3n) is 4.01. The summed E-state index contributed by atoms with van der Waals surface area (Å²) in [6.07, 6.45) is 1.42. The van der Waals surface area contributed by atoms with Crippen molar-refractivity contribution in [3.05, 3.63) is 35.9 Å². The van der Waals surface area contributed by atoms with Crippen molar-refractivity contribution in [3.63, 3.8) is 0 Å². The highest BCUT2D eigenvalue weighted by molar-refractivity contribution is 5.14. The average Bonchev–Trinajstić information content (AvgIpc) is 2.54. The molecule has 2 atom stereocenters. The Morgan fingerprint density at radius 2 is 1.94 bits per heavy atom. The van der Waals surface area contributed by atoms with E-state index >= 15 is 0 Å². The number of benzene rings is 1. The van der Waals surface area contributed by atoms with Gasteiger partial charge in [-0.05, 0) is 24.9 Å². The Labute approximate surface area is 97.9 Å². The molecule has 2 nitrogen and oxygen atoms in total. The largest absolute Gasteiger partial charge is 0.302 e. The SMILES string of the molecule is CN1CC2CC1CN(Cc1ccccc1)C2. The normalized spacial score (nSPS) is 30.8. The van der Waals surface area contributed by atoms with E-state index in [1.807, 2.05) is 0 Å². The van der Waals surface area contributed by atoms with Crippen molar-refractivity contribution in [2.45, 2.75) is 19.0 Å². The van der Waals surface area contributed by atoms with Gasteiger partial charge < -0.3 is 4.90 Å². The maximum absolute atomic E-state index is 2.62. The summed E-state index contributed by atoms with van der Waals surface area (Å²) in [5, 5.41) is 0. The van der Waals surface area contributed by atoms with Crippen molar-refractivity contribution in [2.24, 2.45) is 5.92 Å². The first-order valence-corrected chi connectivity index (χ1v) is 6.28. The molecule has 2 aliphatic rings. The average molecular weight is 216 g/mol. The summed E-state index contributed by atoms with van der Waals surface area (Å²) in [4.78, 5) is 5.16. The maximum Gasteiger partial charge on any atom is 0.0234 e. The fraction of sp³-hybridized carbons (Fsp3) is 0.571. The number of likely N-dealkylation sites (N-methyl/N-ethyl adjacent to an activating group) is 1. The van der Waals surface area contributed by atoms with E-state index in [2.05, 4.69) is 47.2 Å². The first kappa shape index (κ1) is 10.3. The minimum absolute atomic E-state index is 0.808. The lowest BCUT2D eigenvalue weighted by atomic mass is 9.99. The Kier molecular flexibility index (Phi) is 2.70. The van der Waals surface area contributed by atoms with Gasteiger partial charge in [-0.15, -0.1) is 0 Å². The second-order valence-electron chi connectivity index (χ2n) is 5.37. The highest BCUT2D eigenvalue weighted by atomic mass is 15.3. The second kappa shape index (κ2) is 4.19. The van der Waals surface area contributed by atoms with E-state index in [-0.39, 0.29) is 0 Å². The van der Waals surface area contributed by atoms with E-state index in [1.54, 1.807) is 0 Å². The number of hydrogen-bond donors (Lipinski definition) is 0. The van der Waals surface area contributed by atoms with Crippen LogP contribution in [0.15, 0.2) is 30.3 Å². The quantitative estimate of drug-likeness (QED) is 0.744. The molecule has 0 radical (unpaired) electrons. The van der Waals surface area contributed by atoms with Crippen LogP contribution in [-0.4, -0.2) is 42.5 Å². The smallest absolute Gasteiger partial charge is 0.0234 e. The molecule has 2 heteroatoms. The van der Waals surface area contributed by atoms with E-state index in [9.17, 15) is 0 Å². The molecular weight excluding hydrogens is 196 g/mol. The molecule has 0 spiro atoms. The molecular formula is C14H20N2. The summed E-state index contributed by atoms with van der Waals surface area (Å²) >= 11 is 0. The summed E-state index contributed by atoms with van der Waals surface area (Å²) in [5.41, 5.74) is 1.45. The van der Waals surface area contributed by atoms with Crippen molar-refractivity contribution >= 4 is 0 Å². The van der Waals surface area contributed by atoms with Gasteiger partial charge in [0, 0.05) is 32.2 Å². The van der Waals surface area contributed by atoms with Gasteiger partial charge in [0.2, 0.25) is 0 Å². The van der Waals surface area contributed by atoms with Gasteiger partial charge in [-0.25, -0.2) is 0 Å². The zero-order valence-electron chi connectivity index (χ0n) is 9.97. The minimum Gasteiger partial charge on any atom is -0.302 e. The summed E-state index contributed by atoms with van der Waals surface area (Å²) in [6.45, 7) is 4.97. The molecule has 2 saturated heterocycles. The van der Waals surface area contributed by atoms with Crippen LogP contribution in [0.3, 0.4) is 0 Å². The van der Waals surface area contributed by atoms with Gasteiger partial charge in [-0.3, -0.25) is 4.90 Å². The summed E-state index contributed by atoms with van der Waals surface area (Å²) in [7, 11) is 2.27. The minimum atomic E-state index is 0.808. The standard InChI is InChI=1S/C14H20N2/c1-15-8-13-7-14(15)11-16(10-13)9-12-5-3-2-4-6-12/h2-6,13-14H,7-11H2,1H3. The van der Waals surface area contributed by atoms with Gasteiger partial charge in [0.25, 0.3) is 0 Å². The molecule has 1 aromatic rings. The number of likely N-dealkylation sites (tertiary alicyclic amines) is 2. The lowest BCUT2D eigenvalue weighted by Gasteiger charge is -2.32. The molecule has 2 bridgehead atoms. The summed E-state index contributed by atoms with van der Waals surface area (Å²) in [6, 6.07) is 11.7. The van der Waals surface area contributed by atoms with Crippen LogP contribution in [0.1, 0.15) is 12.0 Å². The molecule has 0 N–H and O–H groups in total. The first-order valence-electron chi connectivity index (χ1n) is 6.28. The summed E-state index contributed by atoms with van der Waals surface area (Å²) in [5.74, 6) is 0.910. The fourth-order valence-corrected chi connectivity index (χ4v) is 3.25. The van der Waals surface area contributed by atoms with E-state index in [1.165, 1.54) is 31.6 Å². The number of piperidine rings is 1. The number of rotatable bonds is 2. The number of fused-ring (bicyclic) bond motifs is 2. The van der Waals surface area contributed by atoms with Crippen molar-refractivity contribution in [1.29, 1.82) is 0 Å². The predicted molar refractivity (Wildman–Crippen MR) is 66.2 cm³/mol. The number of hydrogen-bond acceptors (Lipinski definition) is 2. The van der Waals surface area contributed by atoms with Gasteiger partial charge in [0.1, 0.15) is 0 Å². The molecule has 1 aromatic carbocycles. The molecule has 16 heavy (non-hydrogen) atoms. The van der Waals surface area contributed by atoms with Crippen LogP contribution in [0, 0.1) is 5.92 Å². The highest BCUT2D eigenvalue weighted by Gasteiger charge is 2.36. The fourth-order valence-electron chi connectivity index (χ4n) is 3.25. The van der Waals surface area contributed by atoms with Crippen LogP contribution in [0.4, 0.5) is 0 Å².